The van der Waals surface area contributed by atoms with E-state index in [0.717, 1.165) is 12.8 Å². The van der Waals surface area contributed by atoms with Gasteiger partial charge in [-0.15, -0.1) is 0 Å². The monoisotopic (exact) mass is 650 g/mol. The van der Waals surface area contributed by atoms with Gasteiger partial charge in [-0.2, -0.15) is 0 Å². The second kappa shape index (κ2) is 18.2. The molecule has 45 heavy (non-hydrogen) atoms. The van der Waals surface area contributed by atoms with E-state index in [0.29, 0.717) is 25.9 Å². The van der Waals surface area contributed by atoms with Gasteiger partial charge in [0.05, 0.1) is 19.8 Å². The van der Waals surface area contributed by atoms with Crippen LogP contribution in [0.25, 0.3) is 0 Å². The average Bonchev–Trinajstić information content (AvgIpc) is 3.04. The molecule has 2 fully saturated rings. The molecule has 0 unspecified atom stereocenters. The summed E-state index contributed by atoms with van der Waals surface area (Å²) < 4.78 is 27.2. The molecule has 0 saturated carbocycles. The Kier molecular flexibility index (Phi) is 15.0. The highest BCUT2D eigenvalue weighted by molar-refractivity contribution is 5.75. The Morgan fingerprint density at radius 2 is 1.47 bits per heavy atom. The zero-order valence-electron chi connectivity index (χ0n) is 25.2. The van der Waals surface area contributed by atoms with Gasteiger partial charge < -0.3 is 70.1 Å². The molecule has 3 rings (SSSR count). The average molecular weight is 651 g/mol. The molecule has 2 heterocycles. The molecule has 2 aliphatic heterocycles. The molecule has 17 nitrogen and oxygen atoms in total. The number of hydrogen-bond acceptors (Lipinski definition) is 16. The number of carbonyl (C=O) groups excluding carboxylic acids is 1. The van der Waals surface area contributed by atoms with Crippen molar-refractivity contribution in [1.82, 2.24) is 5.32 Å². The van der Waals surface area contributed by atoms with Crippen LogP contribution in [0.15, 0.2) is 9.59 Å². The number of aliphatic hydroxyl groups is 7. The maximum Gasteiger partial charge on any atom is 0.272 e. The fourth-order valence-corrected chi connectivity index (χ4v) is 4.92. The summed E-state index contributed by atoms with van der Waals surface area (Å²) in [7, 11) is 0. The van der Waals surface area contributed by atoms with Gasteiger partial charge in [0, 0.05) is 26.1 Å². The second-order valence-corrected chi connectivity index (χ2v) is 11.0. The summed E-state index contributed by atoms with van der Waals surface area (Å²) in [5.41, 5.74) is -1.16. The van der Waals surface area contributed by atoms with Crippen LogP contribution in [0, 0.1) is 0 Å². The number of hydrogen-bond donors (Lipinski definition) is 9. The molecule has 1 aromatic carbocycles. The summed E-state index contributed by atoms with van der Waals surface area (Å²) in [6, 6.07) is 0. The van der Waals surface area contributed by atoms with Gasteiger partial charge in [-0.1, -0.05) is 19.8 Å². The van der Waals surface area contributed by atoms with Gasteiger partial charge in [0.2, 0.25) is 5.91 Å². The number of anilines is 1. The Balaban J connectivity index is 1.32. The van der Waals surface area contributed by atoms with Crippen molar-refractivity contribution in [3.8, 4) is 5.75 Å². The van der Waals surface area contributed by atoms with Crippen molar-refractivity contribution in [2.24, 2.45) is 0 Å². The smallest absolute Gasteiger partial charge is 0.272 e. The Morgan fingerprint density at radius 1 is 0.778 bits per heavy atom. The molecule has 0 spiro atoms. The van der Waals surface area contributed by atoms with Crippen LogP contribution in [-0.4, -0.2) is 143 Å². The van der Waals surface area contributed by atoms with Crippen molar-refractivity contribution in [3.05, 3.63) is 20.4 Å². The van der Waals surface area contributed by atoms with E-state index in [1.807, 2.05) is 6.92 Å². The summed E-state index contributed by atoms with van der Waals surface area (Å²) in [5, 5.41) is 76.0. The number of unbranched alkanes of at least 4 members (excludes halogenated alkanes) is 3. The minimum atomic E-state index is -1.76. The molecule has 10 atom stereocenters. The van der Waals surface area contributed by atoms with Crippen molar-refractivity contribution in [3.63, 3.8) is 0 Å². The Morgan fingerprint density at radius 3 is 2.16 bits per heavy atom. The van der Waals surface area contributed by atoms with Gasteiger partial charge in [0.1, 0.15) is 54.5 Å². The van der Waals surface area contributed by atoms with Crippen LogP contribution in [0.1, 0.15) is 45.4 Å². The zero-order chi connectivity index (χ0) is 33.1. The van der Waals surface area contributed by atoms with E-state index in [9.17, 15) is 50.1 Å². The fraction of sp³-hybridized carbons (Fsp3) is 0.821. The summed E-state index contributed by atoms with van der Waals surface area (Å²) in [6.07, 6.45) is -11.7. The first kappa shape index (κ1) is 37.2. The lowest BCUT2D eigenvalue weighted by Gasteiger charge is -2.45. The lowest BCUT2D eigenvalue weighted by atomic mass is 9.97. The molecule has 2 aliphatic rings. The van der Waals surface area contributed by atoms with Crippen LogP contribution >= 0.6 is 0 Å². The van der Waals surface area contributed by atoms with Gasteiger partial charge in [-0.25, -0.2) is 0 Å². The largest absolute Gasteiger partial charge is 0.487 e. The normalized spacial score (nSPS) is 32.0. The molecule has 1 aromatic rings. The first-order valence-electron chi connectivity index (χ1n) is 15.2. The maximum absolute atomic E-state index is 12.1. The predicted molar refractivity (Wildman–Crippen MR) is 154 cm³/mol. The summed E-state index contributed by atoms with van der Waals surface area (Å²) in [4.78, 5) is 35.5. The van der Waals surface area contributed by atoms with E-state index >= 15 is 0 Å². The molecule has 9 N–H and O–H groups in total. The maximum atomic E-state index is 12.1. The molecular weight excluding hydrogens is 604 g/mol. The number of amides is 1. The summed E-state index contributed by atoms with van der Waals surface area (Å²) in [5.74, 6) is -0.164. The molecule has 258 valence electrons. The topological polar surface area (TPSA) is 263 Å². The molecule has 0 aliphatic carbocycles. The standard InChI is InChI=1S/C28H46N2O15/c1-2-3-10-41-26-17(19(35)21(26)37)30-9-8-29-16(33)7-5-4-6-11-42-27-24(40)22(38)25(15(13-32)44-27)45-28-23(39)20(36)18(34)14(12-31)43-28/h14-15,18,20,22-25,27-28,30-32,34,36,38-40H,2-13H2,1H3,(H,29,33)/t14-,15-,18+,20+,22-,23-,24-,25-,27-,28+/m1/s1. The van der Waals surface area contributed by atoms with Crippen molar-refractivity contribution < 1.29 is 64.2 Å². The number of rotatable bonds is 19. The Bertz CT molecular complexity index is 1110. The lowest BCUT2D eigenvalue weighted by molar-refractivity contribution is -0.359. The lowest BCUT2D eigenvalue weighted by Crippen LogP contribution is -2.64. The van der Waals surface area contributed by atoms with Crippen LogP contribution in [0.3, 0.4) is 0 Å². The third-order valence-corrected chi connectivity index (χ3v) is 7.65. The molecule has 17 heteroatoms. The van der Waals surface area contributed by atoms with Crippen molar-refractivity contribution in [1.29, 1.82) is 0 Å². The van der Waals surface area contributed by atoms with Gasteiger partial charge in [0.25, 0.3) is 10.9 Å². The van der Waals surface area contributed by atoms with Crippen LogP contribution in [0.4, 0.5) is 5.69 Å². The van der Waals surface area contributed by atoms with Crippen molar-refractivity contribution in [2.45, 2.75) is 107 Å². The van der Waals surface area contributed by atoms with E-state index in [1.165, 1.54) is 0 Å². The van der Waals surface area contributed by atoms with Crippen LogP contribution in [0.5, 0.6) is 5.75 Å². The van der Waals surface area contributed by atoms with E-state index < -0.39 is 85.5 Å². The van der Waals surface area contributed by atoms with E-state index in [2.05, 4.69) is 10.6 Å². The Labute approximate surface area is 259 Å². The Hall–Kier alpha value is -2.29. The highest BCUT2D eigenvalue weighted by atomic mass is 16.7. The number of nitrogens with one attached hydrogen (secondary N) is 2. The third-order valence-electron chi connectivity index (χ3n) is 7.65. The van der Waals surface area contributed by atoms with Gasteiger partial charge in [0.15, 0.2) is 18.3 Å². The zero-order valence-corrected chi connectivity index (χ0v) is 25.2. The van der Waals surface area contributed by atoms with E-state index in [1.54, 1.807) is 0 Å². The van der Waals surface area contributed by atoms with Crippen LogP contribution < -0.4 is 26.2 Å². The number of aliphatic hydroxyl groups excluding tert-OH is 7. The van der Waals surface area contributed by atoms with Crippen molar-refractivity contribution >= 4 is 11.6 Å². The minimum absolute atomic E-state index is 0.0377. The van der Waals surface area contributed by atoms with Crippen molar-refractivity contribution in [2.75, 3.05) is 44.8 Å². The first-order chi connectivity index (χ1) is 21.5. The van der Waals surface area contributed by atoms with E-state index in [-0.39, 0.29) is 43.5 Å². The van der Waals surface area contributed by atoms with Gasteiger partial charge in [-0.3, -0.25) is 14.4 Å². The predicted octanol–water partition coefficient (Wildman–Crippen LogP) is -3.81. The third kappa shape index (κ3) is 9.61. The SMILES string of the molecule is CCCCOc1c(NCCNC(=O)CCCCCO[C@@H]2O[C@H](CO)[C@@H](O[C@@H]3O[C@H](CO)[C@H](O)[C@H](O)[C@H]3O)[C@H](O)[C@H]2O)c(=O)c1=O. The molecule has 0 bridgehead atoms. The van der Waals surface area contributed by atoms with Gasteiger partial charge in [-0.05, 0) is 19.3 Å². The molecule has 1 amide bonds. The quantitative estimate of drug-likeness (QED) is 0.0513. The molecular formula is C28H46N2O15. The first-order valence-corrected chi connectivity index (χ1v) is 15.2. The second-order valence-electron chi connectivity index (χ2n) is 11.0. The number of ether oxygens (including phenoxy) is 5. The van der Waals surface area contributed by atoms with E-state index in [4.69, 9.17) is 23.7 Å². The summed E-state index contributed by atoms with van der Waals surface area (Å²) >= 11 is 0. The minimum Gasteiger partial charge on any atom is -0.487 e. The van der Waals surface area contributed by atoms with Crippen LogP contribution in [0.2, 0.25) is 0 Å². The highest BCUT2D eigenvalue weighted by Crippen LogP contribution is 2.29. The highest BCUT2D eigenvalue weighted by Gasteiger charge is 2.50. The van der Waals surface area contributed by atoms with Gasteiger partial charge >= 0.3 is 0 Å². The summed E-state index contributed by atoms with van der Waals surface area (Å²) in [6.45, 7) is 1.54. The number of carbonyl (C=O) groups is 1. The molecule has 0 aromatic heterocycles. The fourth-order valence-electron chi connectivity index (χ4n) is 4.92. The van der Waals surface area contributed by atoms with Crippen LogP contribution in [-0.2, 0) is 23.7 Å². The molecule has 2 saturated heterocycles. The molecule has 0 radical (unpaired) electrons.